The molecule has 0 saturated carbocycles. The Morgan fingerprint density at radius 1 is 1.55 bits per heavy atom. The summed E-state index contributed by atoms with van der Waals surface area (Å²) >= 11 is 0. The summed E-state index contributed by atoms with van der Waals surface area (Å²) in [5, 5.41) is 9.05. The summed E-state index contributed by atoms with van der Waals surface area (Å²) in [4.78, 5) is 0. The molecule has 0 aromatic heterocycles. The van der Waals surface area contributed by atoms with Crippen molar-refractivity contribution < 1.29 is 14.3 Å². The SMILES string of the molecule is CC1(CO)C[N+](C)(C)CCO1. The molecule has 0 aromatic carbocycles. The van der Waals surface area contributed by atoms with Gasteiger partial charge in [0.2, 0.25) is 0 Å². The Morgan fingerprint density at radius 3 is 2.55 bits per heavy atom. The molecule has 0 aromatic rings. The average molecular weight is 160 g/mol. The van der Waals surface area contributed by atoms with Crippen LogP contribution in [-0.4, -0.2) is 55.6 Å². The van der Waals surface area contributed by atoms with E-state index in [9.17, 15) is 0 Å². The van der Waals surface area contributed by atoms with Crippen LogP contribution in [0, 0.1) is 0 Å². The van der Waals surface area contributed by atoms with Gasteiger partial charge in [0.05, 0.1) is 27.3 Å². The Bertz CT molecular complexity index is 147. The molecule has 3 heteroatoms. The van der Waals surface area contributed by atoms with Crippen LogP contribution in [0.2, 0.25) is 0 Å². The average Bonchev–Trinajstić information content (AvgIpc) is 1.85. The molecular weight excluding hydrogens is 142 g/mol. The second kappa shape index (κ2) is 2.73. The summed E-state index contributed by atoms with van der Waals surface area (Å²) in [7, 11) is 4.33. The molecule has 1 heterocycles. The lowest BCUT2D eigenvalue weighted by atomic mass is 10.1. The summed E-state index contributed by atoms with van der Waals surface area (Å²) in [6, 6.07) is 0. The predicted octanol–water partition coefficient (Wildman–Crippen LogP) is -0.156. The molecule has 0 aliphatic carbocycles. The Hall–Kier alpha value is -0.120. The summed E-state index contributed by atoms with van der Waals surface area (Å²) in [6.07, 6.45) is 0. The quantitative estimate of drug-likeness (QED) is 0.540. The van der Waals surface area contributed by atoms with E-state index in [0.29, 0.717) is 0 Å². The van der Waals surface area contributed by atoms with E-state index in [1.54, 1.807) is 0 Å². The van der Waals surface area contributed by atoms with Gasteiger partial charge in [0.25, 0.3) is 0 Å². The Kier molecular flexibility index (Phi) is 2.23. The molecule has 1 saturated heterocycles. The highest BCUT2D eigenvalue weighted by molar-refractivity contribution is 4.75. The van der Waals surface area contributed by atoms with Gasteiger partial charge in [-0.25, -0.2) is 0 Å². The number of aliphatic hydroxyl groups is 1. The van der Waals surface area contributed by atoms with Gasteiger partial charge in [-0.1, -0.05) is 0 Å². The molecule has 1 aliphatic heterocycles. The van der Waals surface area contributed by atoms with Gasteiger partial charge >= 0.3 is 0 Å². The van der Waals surface area contributed by atoms with Gasteiger partial charge in [0, 0.05) is 0 Å². The van der Waals surface area contributed by atoms with E-state index in [4.69, 9.17) is 9.84 Å². The first-order valence-electron chi connectivity index (χ1n) is 4.04. The first-order valence-corrected chi connectivity index (χ1v) is 4.04. The summed E-state index contributed by atoms with van der Waals surface area (Å²) < 4.78 is 6.43. The molecule has 3 nitrogen and oxygen atoms in total. The normalized spacial score (nSPS) is 37.1. The molecule has 0 bridgehead atoms. The van der Waals surface area contributed by atoms with Crippen molar-refractivity contribution in [3.05, 3.63) is 0 Å². The predicted molar refractivity (Wildman–Crippen MR) is 43.3 cm³/mol. The highest BCUT2D eigenvalue weighted by atomic mass is 16.5. The first kappa shape index (κ1) is 8.97. The van der Waals surface area contributed by atoms with E-state index in [0.717, 1.165) is 24.2 Å². The van der Waals surface area contributed by atoms with E-state index >= 15 is 0 Å². The lowest BCUT2D eigenvalue weighted by molar-refractivity contribution is -0.905. The number of quaternary nitrogens is 1. The maximum Gasteiger partial charge on any atom is 0.137 e. The molecule has 1 aliphatic rings. The monoisotopic (exact) mass is 160 g/mol. The minimum absolute atomic E-state index is 0.120. The smallest absolute Gasteiger partial charge is 0.137 e. The van der Waals surface area contributed by atoms with Crippen molar-refractivity contribution >= 4 is 0 Å². The third-order valence-corrected chi connectivity index (χ3v) is 2.24. The van der Waals surface area contributed by atoms with Gasteiger partial charge in [0.15, 0.2) is 0 Å². The van der Waals surface area contributed by atoms with Gasteiger partial charge in [-0.05, 0) is 6.92 Å². The van der Waals surface area contributed by atoms with Crippen molar-refractivity contribution in [3.8, 4) is 0 Å². The van der Waals surface area contributed by atoms with Crippen LogP contribution in [0.4, 0.5) is 0 Å². The van der Waals surface area contributed by atoms with Crippen LogP contribution in [0.3, 0.4) is 0 Å². The summed E-state index contributed by atoms with van der Waals surface area (Å²) in [6.45, 7) is 4.77. The molecule has 1 fully saturated rings. The van der Waals surface area contributed by atoms with Gasteiger partial charge in [-0.2, -0.15) is 0 Å². The minimum atomic E-state index is -0.318. The standard InChI is InChI=1S/C8H18NO2/c1-8(7-10)6-9(2,3)4-5-11-8/h10H,4-7H2,1-3H3/q+1. The Morgan fingerprint density at radius 2 is 2.18 bits per heavy atom. The molecule has 11 heavy (non-hydrogen) atoms. The minimum Gasteiger partial charge on any atom is -0.393 e. The van der Waals surface area contributed by atoms with E-state index in [1.165, 1.54) is 0 Å². The zero-order valence-corrected chi connectivity index (χ0v) is 7.63. The summed E-state index contributed by atoms with van der Waals surface area (Å²) in [5.41, 5.74) is -0.318. The number of ether oxygens (including phenoxy) is 1. The fourth-order valence-electron chi connectivity index (χ4n) is 1.66. The van der Waals surface area contributed by atoms with E-state index < -0.39 is 0 Å². The topological polar surface area (TPSA) is 29.5 Å². The number of hydrogen-bond acceptors (Lipinski definition) is 2. The molecule has 1 unspecified atom stereocenters. The lowest BCUT2D eigenvalue weighted by Gasteiger charge is -2.42. The third kappa shape index (κ3) is 2.15. The van der Waals surface area contributed by atoms with Crippen LogP contribution in [0.15, 0.2) is 0 Å². The van der Waals surface area contributed by atoms with Crippen molar-refractivity contribution in [2.24, 2.45) is 0 Å². The van der Waals surface area contributed by atoms with Crippen LogP contribution in [0.25, 0.3) is 0 Å². The molecule has 66 valence electrons. The molecule has 1 rings (SSSR count). The number of likely N-dealkylation sites (N-methyl/N-ethyl adjacent to an activating group) is 1. The van der Waals surface area contributed by atoms with E-state index in [2.05, 4.69) is 14.1 Å². The molecular formula is C8H18NO2+. The number of morpholine rings is 1. The van der Waals surface area contributed by atoms with E-state index in [-0.39, 0.29) is 12.2 Å². The zero-order chi connectivity index (χ0) is 8.54. The first-order chi connectivity index (χ1) is 4.97. The molecule has 1 N–H and O–H groups in total. The second-order valence-corrected chi connectivity index (χ2v) is 4.27. The van der Waals surface area contributed by atoms with Crippen LogP contribution in [0.1, 0.15) is 6.92 Å². The Balaban J connectivity index is 2.59. The molecule has 0 spiro atoms. The van der Waals surface area contributed by atoms with Crippen molar-refractivity contribution in [2.75, 3.05) is 40.4 Å². The molecule has 0 radical (unpaired) electrons. The summed E-state index contributed by atoms with van der Waals surface area (Å²) in [5.74, 6) is 0. The number of hydrogen-bond donors (Lipinski definition) is 1. The van der Waals surface area contributed by atoms with Crippen LogP contribution in [0.5, 0.6) is 0 Å². The van der Waals surface area contributed by atoms with E-state index in [1.807, 2.05) is 6.92 Å². The fraction of sp³-hybridized carbons (Fsp3) is 1.00. The Labute approximate surface area is 68.2 Å². The molecule has 0 amide bonds. The maximum absolute atomic E-state index is 9.05. The largest absolute Gasteiger partial charge is 0.393 e. The molecule has 1 atom stereocenters. The maximum atomic E-state index is 9.05. The van der Waals surface area contributed by atoms with Gasteiger partial charge in [-0.3, -0.25) is 0 Å². The van der Waals surface area contributed by atoms with Gasteiger partial charge in [0.1, 0.15) is 18.7 Å². The number of nitrogens with zero attached hydrogens (tertiary/aromatic N) is 1. The van der Waals surface area contributed by atoms with Crippen LogP contribution >= 0.6 is 0 Å². The van der Waals surface area contributed by atoms with Crippen LogP contribution in [-0.2, 0) is 4.74 Å². The lowest BCUT2D eigenvalue weighted by Crippen LogP contribution is -2.59. The van der Waals surface area contributed by atoms with Crippen molar-refractivity contribution in [1.82, 2.24) is 0 Å². The second-order valence-electron chi connectivity index (χ2n) is 4.27. The van der Waals surface area contributed by atoms with Crippen molar-refractivity contribution in [3.63, 3.8) is 0 Å². The third-order valence-electron chi connectivity index (χ3n) is 2.24. The van der Waals surface area contributed by atoms with Gasteiger partial charge < -0.3 is 14.3 Å². The number of rotatable bonds is 1. The van der Waals surface area contributed by atoms with Crippen molar-refractivity contribution in [1.29, 1.82) is 0 Å². The zero-order valence-electron chi connectivity index (χ0n) is 7.63. The fourth-order valence-corrected chi connectivity index (χ4v) is 1.66. The highest BCUT2D eigenvalue weighted by Crippen LogP contribution is 2.19. The van der Waals surface area contributed by atoms with Gasteiger partial charge in [-0.15, -0.1) is 0 Å². The van der Waals surface area contributed by atoms with Crippen LogP contribution < -0.4 is 0 Å². The number of aliphatic hydroxyl groups excluding tert-OH is 1. The van der Waals surface area contributed by atoms with Crippen molar-refractivity contribution in [2.45, 2.75) is 12.5 Å². The highest BCUT2D eigenvalue weighted by Gasteiger charge is 2.37.